The van der Waals surface area contributed by atoms with E-state index in [1.807, 2.05) is 0 Å². The molecule has 0 aliphatic carbocycles. The Morgan fingerprint density at radius 3 is 1.34 bits per heavy atom. The fraction of sp³-hybridized carbons (Fsp3) is 0. The summed E-state index contributed by atoms with van der Waals surface area (Å²) in [5.41, 5.74) is -2.88. The van der Waals surface area contributed by atoms with E-state index in [4.69, 9.17) is 10.3 Å². The van der Waals surface area contributed by atoms with Crippen LogP contribution in [-0.4, -0.2) is 35.2 Å². The number of nitrogens with zero attached hydrogens (tertiary/aromatic N) is 4. The Bertz CT molecular complexity index is 1350. The second kappa shape index (κ2) is 13.8. The lowest BCUT2D eigenvalue weighted by Crippen LogP contribution is -2.20. The second-order valence-corrected chi connectivity index (χ2v) is 5.96. The minimum absolute atomic E-state index is 0. The maximum atomic E-state index is 10.6. The predicted molar refractivity (Wildman–Crippen MR) is 124 cm³/mol. The van der Waals surface area contributed by atoms with Gasteiger partial charge in [-0.05, 0) is 24.3 Å². The molecule has 0 bridgehead atoms. The van der Waals surface area contributed by atoms with Crippen LogP contribution in [0.1, 0.15) is 11.9 Å². The van der Waals surface area contributed by atoms with E-state index >= 15 is 0 Å². The van der Waals surface area contributed by atoms with Gasteiger partial charge in [0.25, 0.3) is 5.56 Å². The topological polar surface area (TPSA) is 215 Å². The number of hydrogen-bond donors (Lipinski definition) is 2. The minimum Gasteiger partial charge on any atom is -0.803 e. The highest BCUT2D eigenvalue weighted by Crippen LogP contribution is 1.92. The minimum atomic E-state index is -1.40. The molecule has 0 aromatic carbocycles. The van der Waals surface area contributed by atoms with Crippen molar-refractivity contribution in [2.45, 2.75) is 0 Å². The van der Waals surface area contributed by atoms with Gasteiger partial charge in [0.1, 0.15) is 5.69 Å². The summed E-state index contributed by atoms with van der Waals surface area (Å²) in [7, 11) is 0. The number of pyridine rings is 4. The van der Waals surface area contributed by atoms with Gasteiger partial charge in [0.05, 0.1) is 0 Å². The molecule has 0 amide bonds. The van der Waals surface area contributed by atoms with E-state index in [0.717, 1.165) is 12.1 Å². The highest BCUT2D eigenvalue weighted by molar-refractivity contribution is 5.85. The van der Waals surface area contributed by atoms with E-state index in [0.29, 0.717) is 4.73 Å². The van der Waals surface area contributed by atoms with Crippen LogP contribution in [0.3, 0.4) is 0 Å². The number of aromatic nitrogens is 4. The van der Waals surface area contributed by atoms with Gasteiger partial charge in [0, 0.05) is 42.9 Å². The molecule has 4 aromatic heterocycles. The zero-order valence-electron chi connectivity index (χ0n) is 18.6. The van der Waals surface area contributed by atoms with Crippen LogP contribution in [0.15, 0.2) is 111 Å². The van der Waals surface area contributed by atoms with Crippen molar-refractivity contribution in [3.05, 3.63) is 154 Å². The van der Waals surface area contributed by atoms with E-state index in [1.54, 1.807) is 12.1 Å². The summed E-state index contributed by atoms with van der Waals surface area (Å²) in [6.45, 7) is 0. The van der Waals surface area contributed by atoms with Crippen LogP contribution >= 0.6 is 0 Å². The average molecular weight is 486 g/mol. The molecule has 0 saturated heterocycles. The zero-order chi connectivity index (χ0) is 26.4. The van der Waals surface area contributed by atoms with Crippen molar-refractivity contribution < 1.29 is 16.5 Å². The quantitative estimate of drug-likeness (QED) is 0.355. The molecule has 14 nitrogen and oxygen atoms in total. The van der Waals surface area contributed by atoms with Gasteiger partial charge in [0.2, 0.25) is 16.7 Å². The summed E-state index contributed by atoms with van der Waals surface area (Å²) in [6.07, 6.45) is 3.62. The van der Waals surface area contributed by atoms with Crippen LogP contribution in [0.4, 0.5) is 0 Å². The molecule has 0 atom stereocenters. The molecule has 0 radical (unpaired) electrons. The predicted octanol–water partition coefficient (Wildman–Crippen LogP) is 0.479. The van der Waals surface area contributed by atoms with Crippen molar-refractivity contribution >= 4 is 5.97 Å². The summed E-state index contributed by atoms with van der Waals surface area (Å²) >= 11 is 0. The molecule has 0 spiro atoms. The Balaban J connectivity index is 0.000000454. The lowest BCUT2D eigenvalue weighted by atomic mass is 10.3. The number of carboxylic acids is 1. The normalized spacial score (nSPS) is 9.14. The highest BCUT2D eigenvalue weighted by Gasteiger charge is 2.03. The summed E-state index contributed by atoms with van der Waals surface area (Å²) in [5, 5.41) is 47.9. The molecule has 0 fully saturated rings. The summed E-state index contributed by atoms with van der Waals surface area (Å²) in [4.78, 5) is 51.6. The van der Waals surface area contributed by atoms with Crippen molar-refractivity contribution in [1.29, 1.82) is 0 Å². The third-order valence-electron chi connectivity index (χ3n) is 3.51. The number of carbonyl (C=O) groups is 1. The Hall–Kier alpha value is -5.53. The van der Waals surface area contributed by atoms with E-state index in [9.17, 15) is 39.6 Å². The first kappa shape index (κ1) is 27.5. The van der Waals surface area contributed by atoms with Gasteiger partial charge < -0.3 is 40.1 Å². The maximum Gasteiger partial charge on any atom is 1.00 e. The van der Waals surface area contributed by atoms with Crippen molar-refractivity contribution in [1.82, 2.24) is 18.9 Å². The molecule has 0 aliphatic rings. The monoisotopic (exact) mass is 486 g/mol. The molecule has 4 heterocycles. The van der Waals surface area contributed by atoms with Gasteiger partial charge >= 0.3 is 7.40 Å². The first-order valence-electron chi connectivity index (χ1n) is 9.24. The third kappa shape index (κ3) is 9.65. The smallest absolute Gasteiger partial charge is 0.803 e. The van der Waals surface area contributed by atoms with Crippen molar-refractivity contribution in [3.63, 3.8) is 0 Å². The molecule has 0 aliphatic heterocycles. The van der Waals surface area contributed by atoms with E-state index in [1.165, 1.54) is 67.1 Å². The number of carboxylic acid groups (broad SMARTS) is 1. The Morgan fingerprint density at radius 2 is 1.06 bits per heavy atom. The van der Waals surface area contributed by atoms with Crippen LogP contribution in [-0.2, 0) is 0 Å². The van der Waals surface area contributed by atoms with Gasteiger partial charge in [-0.25, -0.2) is 4.79 Å². The fourth-order valence-corrected chi connectivity index (χ4v) is 1.88. The van der Waals surface area contributed by atoms with Crippen LogP contribution in [0, 0.1) is 15.6 Å². The molecule has 35 heavy (non-hydrogen) atoms. The molecule has 14 heteroatoms. The molecule has 0 saturated carbocycles. The van der Waals surface area contributed by atoms with Crippen molar-refractivity contribution in [2.24, 2.45) is 0 Å². The first-order valence-corrected chi connectivity index (χ1v) is 9.24. The molecular formula is C21H18N4O10-2. The fourth-order valence-electron chi connectivity index (χ4n) is 1.88. The van der Waals surface area contributed by atoms with Gasteiger partial charge in [-0.15, -0.1) is 0 Å². The Kier molecular flexibility index (Phi) is 10.8. The van der Waals surface area contributed by atoms with Crippen LogP contribution in [0.5, 0.6) is 0 Å². The highest BCUT2D eigenvalue weighted by atomic mass is 16.5. The lowest BCUT2D eigenvalue weighted by Gasteiger charge is -2.10. The number of hydrogen-bond acceptors (Lipinski definition) is 9. The van der Waals surface area contributed by atoms with Gasteiger partial charge in [0.15, 0.2) is 0 Å². The molecule has 184 valence electrons. The van der Waals surface area contributed by atoms with Gasteiger partial charge in [-0.1, -0.05) is 24.3 Å². The molecule has 4 aromatic rings. The SMILES string of the molecule is O=C(O)c1cccc(=O)n1[O-].O=c1ccccn1O.O=c1ccccn1[O-].O=c1ccccn1[O-].[H+]. The van der Waals surface area contributed by atoms with Crippen LogP contribution in [0.25, 0.3) is 0 Å². The maximum absolute atomic E-state index is 10.6. The standard InChI is InChI=1S/C6H4NO4.C5H5NO2.2C5H4NO2/c8-5-3-1-2-4(6(9)10)7(5)11;3*7-5-3-1-2-4-6(5)8/h1-3H,(H,9,10);1-4,8H;2*1-4H/q-1;;2*-1/p+1. The molecule has 2 N–H and O–H groups in total. The summed E-state index contributed by atoms with van der Waals surface area (Å²) < 4.78 is 0.919. The lowest BCUT2D eigenvalue weighted by molar-refractivity contribution is 0.0686. The van der Waals surface area contributed by atoms with E-state index in [-0.39, 0.29) is 15.6 Å². The zero-order valence-corrected chi connectivity index (χ0v) is 17.6. The third-order valence-corrected chi connectivity index (χ3v) is 3.51. The Labute approximate surface area is 196 Å². The molecule has 0 unspecified atom stereocenters. The average Bonchev–Trinajstić information content (AvgIpc) is 2.83. The van der Waals surface area contributed by atoms with Crippen molar-refractivity contribution in [2.75, 3.05) is 0 Å². The number of aromatic carboxylic acids is 1. The summed E-state index contributed by atoms with van der Waals surface area (Å²) in [6, 6.07) is 16.2. The summed E-state index contributed by atoms with van der Waals surface area (Å²) in [5.74, 6) is -1.40. The van der Waals surface area contributed by atoms with E-state index in [2.05, 4.69) is 0 Å². The Morgan fingerprint density at radius 1 is 0.629 bits per heavy atom. The second-order valence-electron chi connectivity index (χ2n) is 5.96. The van der Waals surface area contributed by atoms with Crippen LogP contribution in [0.2, 0.25) is 0 Å². The van der Waals surface area contributed by atoms with Gasteiger partial charge in [-0.2, -0.15) is 4.73 Å². The molecular weight excluding hydrogens is 468 g/mol. The van der Waals surface area contributed by atoms with Gasteiger partial charge in [-0.3, -0.25) is 19.2 Å². The largest absolute Gasteiger partial charge is 1.00 e. The molecule has 4 rings (SSSR count). The first-order chi connectivity index (χ1) is 16.5. The van der Waals surface area contributed by atoms with E-state index < -0.39 is 33.9 Å². The number of rotatable bonds is 1. The van der Waals surface area contributed by atoms with Crippen molar-refractivity contribution in [3.8, 4) is 0 Å². The van der Waals surface area contributed by atoms with Crippen LogP contribution < -0.4 is 22.2 Å².